The second-order valence-corrected chi connectivity index (χ2v) is 6.13. The molecule has 1 fully saturated rings. The van der Waals surface area contributed by atoms with E-state index in [1.807, 2.05) is 36.9 Å². The number of rotatable bonds is 4. The van der Waals surface area contributed by atoms with E-state index in [1.54, 1.807) is 12.1 Å². The fourth-order valence-corrected chi connectivity index (χ4v) is 3.33. The average Bonchev–Trinajstić information content (AvgIpc) is 3.25. The lowest BCUT2D eigenvalue weighted by Crippen LogP contribution is -2.20. The first kappa shape index (κ1) is 14.9. The summed E-state index contributed by atoms with van der Waals surface area (Å²) >= 11 is 0. The van der Waals surface area contributed by atoms with Crippen molar-refractivity contribution >= 4 is 0 Å². The Bertz CT molecular complexity index is 799. The molecule has 0 amide bonds. The van der Waals surface area contributed by atoms with Crippen LogP contribution in [0.3, 0.4) is 0 Å². The summed E-state index contributed by atoms with van der Waals surface area (Å²) in [6.45, 7) is 1.44. The molecular formula is C19H19N3O2. The standard InChI is InChI=1S/C19H19N3O2/c23-17-3-1-15(2-4-17)19-21-9-10-22(19)18-13-24-12-16(18)11-14-5-7-20-8-6-14/h1-10,16,18,23H,11-13H2/t16-,18-/m1/s1. The second-order valence-electron chi connectivity index (χ2n) is 6.13. The summed E-state index contributed by atoms with van der Waals surface area (Å²) in [5.41, 5.74) is 2.27. The summed E-state index contributed by atoms with van der Waals surface area (Å²) in [4.78, 5) is 8.60. The van der Waals surface area contributed by atoms with Crippen molar-refractivity contribution in [3.05, 3.63) is 66.7 Å². The molecule has 3 aromatic rings. The number of aromatic hydroxyl groups is 1. The van der Waals surface area contributed by atoms with E-state index in [2.05, 4.69) is 26.7 Å². The van der Waals surface area contributed by atoms with Crippen molar-refractivity contribution in [3.63, 3.8) is 0 Å². The molecule has 0 spiro atoms. The van der Waals surface area contributed by atoms with Crippen LogP contribution in [-0.4, -0.2) is 32.9 Å². The van der Waals surface area contributed by atoms with Gasteiger partial charge in [0.25, 0.3) is 0 Å². The molecule has 0 radical (unpaired) electrons. The van der Waals surface area contributed by atoms with Crippen LogP contribution < -0.4 is 0 Å². The first-order valence-corrected chi connectivity index (χ1v) is 8.10. The quantitative estimate of drug-likeness (QED) is 0.802. The fraction of sp³-hybridized carbons (Fsp3) is 0.263. The topological polar surface area (TPSA) is 60.2 Å². The lowest BCUT2D eigenvalue weighted by atomic mass is 9.95. The molecule has 2 atom stereocenters. The minimum absolute atomic E-state index is 0.254. The van der Waals surface area contributed by atoms with Gasteiger partial charge in [0.2, 0.25) is 0 Å². The molecular weight excluding hydrogens is 302 g/mol. The average molecular weight is 321 g/mol. The van der Waals surface area contributed by atoms with Gasteiger partial charge in [-0.1, -0.05) is 0 Å². The zero-order valence-corrected chi connectivity index (χ0v) is 13.2. The Labute approximate surface area is 140 Å². The molecule has 1 aromatic carbocycles. The number of benzene rings is 1. The highest BCUT2D eigenvalue weighted by Crippen LogP contribution is 2.32. The first-order valence-electron chi connectivity index (χ1n) is 8.10. The van der Waals surface area contributed by atoms with Gasteiger partial charge in [-0.25, -0.2) is 4.98 Å². The molecule has 1 aliphatic rings. The summed E-state index contributed by atoms with van der Waals surface area (Å²) in [7, 11) is 0. The highest BCUT2D eigenvalue weighted by Gasteiger charge is 2.31. The zero-order chi connectivity index (χ0) is 16.4. The van der Waals surface area contributed by atoms with Gasteiger partial charge in [0.1, 0.15) is 11.6 Å². The third-order valence-electron chi connectivity index (χ3n) is 4.56. The van der Waals surface area contributed by atoms with Crippen molar-refractivity contribution in [2.24, 2.45) is 5.92 Å². The van der Waals surface area contributed by atoms with Crippen LogP contribution in [0.1, 0.15) is 11.6 Å². The van der Waals surface area contributed by atoms with Crippen molar-refractivity contribution < 1.29 is 9.84 Å². The molecule has 0 aliphatic carbocycles. The third-order valence-corrected chi connectivity index (χ3v) is 4.56. The van der Waals surface area contributed by atoms with Crippen molar-refractivity contribution in [3.8, 4) is 17.1 Å². The maximum Gasteiger partial charge on any atom is 0.140 e. The lowest BCUT2D eigenvalue weighted by molar-refractivity contribution is 0.181. The van der Waals surface area contributed by atoms with Gasteiger partial charge >= 0.3 is 0 Å². The van der Waals surface area contributed by atoms with Crippen LogP contribution in [0.4, 0.5) is 0 Å². The minimum Gasteiger partial charge on any atom is -0.508 e. The van der Waals surface area contributed by atoms with Crippen LogP contribution in [0, 0.1) is 5.92 Å². The van der Waals surface area contributed by atoms with E-state index >= 15 is 0 Å². The first-order chi connectivity index (χ1) is 11.8. The Kier molecular flexibility index (Phi) is 4.01. The van der Waals surface area contributed by atoms with Crippen LogP contribution in [0.2, 0.25) is 0 Å². The number of hydrogen-bond donors (Lipinski definition) is 1. The molecule has 1 N–H and O–H groups in total. The predicted molar refractivity (Wildman–Crippen MR) is 90.6 cm³/mol. The molecule has 122 valence electrons. The molecule has 1 saturated heterocycles. The van der Waals surface area contributed by atoms with E-state index in [0.717, 1.165) is 24.4 Å². The number of hydrogen-bond acceptors (Lipinski definition) is 4. The van der Waals surface area contributed by atoms with Gasteiger partial charge in [-0.15, -0.1) is 0 Å². The lowest BCUT2D eigenvalue weighted by Gasteiger charge is -2.21. The molecule has 0 unspecified atom stereocenters. The van der Waals surface area contributed by atoms with E-state index in [4.69, 9.17) is 4.74 Å². The summed E-state index contributed by atoms with van der Waals surface area (Å²) in [6.07, 6.45) is 8.46. The van der Waals surface area contributed by atoms with Gasteiger partial charge in [0.05, 0.1) is 19.3 Å². The number of pyridine rings is 1. The van der Waals surface area contributed by atoms with Crippen LogP contribution in [0.5, 0.6) is 5.75 Å². The molecule has 0 saturated carbocycles. The number of aromatic nitrogens is 3. The molecule has 24 heavy (non-hydrogen) atoms. The number of nitrogens with zero attached hydrogens (tertiary/aromatic N) is 3. The number of imidazole rings is 1. The fourth-order valence-electron chi connectivity index (χ4n) is 3.33. The summed E-state index contributed by atoms with van der Waals surface area (Å²) in [5.74, 6) is 1.57. The van der Waals surface area contributed by atoms with E-state index in [0.29, 0.717) is 12.5 Å². The molecule has 4 rings (SSSR count). The van der Waals surface area contributed by atoms with Crippen molar-refractivity contribution in [1.29, 1.82) is 0 Å². The van der Waals surface area contributed by atoms with Gasteiger partial charge in [0, 0.05) is 36.3 Å². The summed E-state index contributed by atoms with van der Waals surface area (Å²) in [6, 6.07) is 11.5. The van der Waals surface area contributed by atoms with Crippen molar-refractivity contribution in [2.75, 3.05) is 13.2 Å². The maximum atomic E-state index is 9.49. The molecule has 0 bridgehead atoms. The third kappa shape index (κ3) is 2.90. The summed E-state index contributed by atoms with van der Waals surface area (Å²) < 4.78 is 7.97. The van der Waals surface area contributed by atoms with E-state index < -0.39 is 0 Å². The Morgan fingerprint density at radius 2 is 1.83 bits per heavy atom. The van der Waals surface area contributed by atoms with Gasteiger partial charge in [-0.3, -0.25) is 4.98 Å². The smallest absolute Gasteiger partial charge is 0.140 e. The van der Waals surface area contributed by atoms with Crippen LogP contribution in [0.15, 0.2) is 61.2 Å². The van der Waals surface area contributed by atoms with Crippen molar-refractivity contribution in [2.45, 2.75) is 12.5 Å². The van der Waals surface area contributed by atoms with Crippen LogP contribution in [-0.2, 0) is 11.2 Å². The highest BCUT2D eigenvalue weighted by molar-refractivity contribution is 5.57. The normalized spacial score (nSPS) is 20.3. The number of ether oxygens (including phenoxy) is 1. The van der Waals surface area contributed by atoms with Crippen LogP contribution in [0.25, 0.3) is 11.4 Å². The van der Waals surface area contributed by atoms with E-state index in [1.165, 1.54) is 5.56 Å². The van der Waals surface area contributed by atoms with Gasteiger partial charge in [0.15, 0.2) is 0 Å². The Morgan fingerprint density at radius 1 is 1.04 bits per heavy atom. The molecule has 5 nitrogen and oxygen atoms in total. The van der Waals surface area contributed by atoms with Crippen molar-refractivity contribution in [1.82, 2.24) is 14.5 Å². The predicted octanol–water partition coefficient (Wildman–Crippen LogP) is 3.08. The summed E-state index contributed by atoms with van der Waals surface area (Å²) in [5, 5.41) is 9.49. The second kappa shape index (κ2) is 6.45. The Hall–Kier alpha value is -2.66. The molecule has 5 heteroatoms. The van der Waals surface area contributed by atoms with Gasteiger partial charge < -0.3 is 14.4 Å². The monoisotopic (exact) mass is 321 g/mol. The van der Waals surface area contributed by atoms with E-state index in [-0.39, 0.29) is 11.8 Å². The van der Waals surface area contributed by atoms with Gasteiger partial charge in [-0.05, 0) is 48.4 Å². The molecule has 1 aliphatic heterocycles. The SMILES string of the molecule is Oc1ccc(-c2nccn2[C@@H]2COC[C@H]2Cc2ccncc2)cc1. The molecule has 2 aromatic heterocycles. The minimum atomic E-state index is 0.254. The maximum absolute atomic E-state index is 9.49. The van der Waals surface area contributed by atoms with Crippen LogP contribution >= 0.6 is 0 Å². The van der Waals surface area contributed by atoms with Gasteiger partial charge in [-0.2, -0.15) is 0 Å². The number of phenolic OH excluding ortho intramolecular Hbond substituents is 1. The molecule has 3 heterocycles. The van der Waals surface area contributed by atoms with E-state index in [9.17, 15) is 5.11 Å². The Balaban J connectivity index is 1.61. The highest BCUT2D eigenvalue weighted by atomic mass is 16.5. The number of phenols is 1. The zero-order valence-electron chi connectivity index (χ0n) is 13.2. The largest absolute Gasteiger partial charge is 0.508 e. The Morgan fingerprint density at radius 3 is 2.62 bits per heavy atom.